The molecule has 5 rings (SSSR count). The van der Waals surface area contributed by atoms with Crippen molar-refractivity contribution in [2.24, 2.45) is 7.05 Å². The molecule has 4 heterocycles. The highest BCUT2D eigenvalue weighted by molar-refractivity contribution is 6.33. The first-order valence-electron chi connectivity index (χ1n) is 10.0. The van der Waals surface area contributed by atoms with Crippen LogP contribution in [0.3, 0.4) is 0 Å². The lowest BCUT2D eigenvalue weighted by Gasteiger charge is -2.31. The summed E-state index contributed by atoms with van der Waals surface area (Å²) >= 11 is 6.41. The zero-order chi connectivity index (χ0) is 22.4. The van der Waals surface area contributed by atoms with Crippen LogP contribution in [0.25, 0.3) is 22.2 Å². The standard InChI is InChI=1S/C22H19ClN6O3/c1-27-12-15(11-25-27)18-8-14-10-24-20(9-19(14)29(18)22(31)32)26-17-4-3-13(7-16(17)23)21(30)28-5-2-6-28/h3-4,7-12H,2,5-6H2,1H3,(H,24,26)(H,31,32). The van der Waals surface area contributed by atoms with Crippen molar-refractivity contribution in [3.8, 4) is 11.3 Å². The topological polar surface area (TPSA) is 105 Å². The number of benzene rings is 1. The number of anilines is 2. The molecular weight excluding hydrogens is 432 g/mol. The molecule has 1 saturated heterocycles. The van der Waals surface area contributed by atoms with Gasteiger partial charge >= 0.3 is 6.09 Å². The average Bonchev–Trinajstić information content (AvgIpc) is 3.31. The number of nitrogens with zero attached hydrogens (tertiary/aromatic N) is 5. The third-order valence-corrected chi connectivity index (χ3v) is 5.81. The Morgan fingerprint density at radius 1 is 1.16 bits per heavy atom. The minimum absolute atomic E-state index is 0.0357. The smallest absolute Gasteiger partial charge is 0.416 e. The Kier molecular flexibility index (Phi) is 4.82. The van der Waals surface area contributed by atoms with Crippen LogP contribution in [0.5, 0.6) is 0 Å². The number of rotatable bonds is 4. The first-order valence-corrected chi connectivity index (χ1v) is 10.4. The Labute approximate surface area is 187 Å². The SMILES string of the molecule is Cn1cc(-c2cc3cnc(Nc4ccc(C(=O)N5CCC5)cc4Cl)cc3n2C(=O)O)cn1. The first kappa shape index (κ1) is 20.1. The van der Waals surface area contributed by atoms with Gasteiger partial charge in [0.25, 0.3) is 5.91 Å². The van der Waals surface area contributed by atoms with Crippen molar-refractivity contribution in [1.82, 2.24) is 24.2 Å². The summed E-state index contributed by atoms with van der Waals surface area (Å²) in [5, 5.41) is 18.1. The van der Waals surface area contributed by atoms with Crippen LogP contribution < -0.4 is 5.32 Å². The number of hydrogen-bond acceptors (Lipinski definition) is 5. The van der Waals surface area contributed by atoms with E-state index in [1.54, 1.807) is 65.6 Å². The zero-order valence-electron chi connectivity index (χ0n) is 17.1. The molecule has 1 fully saturated rings. The molecule has 3 aromatic heterocycles. The molecule has 9 nitrogen and oxygen atoms in total. The summed E-state index contributed by atoms with van der Waals surface area (Å²) in [6.45, 7) is 1.54. The second-order valence-electron chi connectivity index (χ2n) is 7.64. The van der Waals surface area contributed by atoms with Crippen LogP contribution in [0.1, 0.15) is 16.8 Å². The van der Waals surface area contributed by atoms with Gasteiger partial charge in [0.15, 0.2) is 0 Å². The Hall–Kier alpha value is -3.85. The van der Waals surface area contributed by atoms with Crippen molar-refractivity contribution in [3.63, 3.8) is 0 Å². The normalized spacial score (nSPS) is 13.2. The zero-order valence-corrected chi connectivity index (χ0v) is 17.9. The molecule has 4 aromatic rings. The van der Waals surface area contributed by atoms with Crippen LogP contribution >= 0.6 is 11.6 Å². The maximum absolute atomic E-state index is 12.4. The number of amides is 1. The van der Waals surface area contributed by atoms with E-state index in [0.717, 1.165) is 19.5 Å². The Balaban J connectivity index is 1.48. The van der Waals surface area contributed by atoms with Gasteiger partial charge in [0.2, 0.25) is 0 Å². The number of hydrogen-bond donors (Lipinski definition) is 2. The highest BCUT2D eigenvalue weighted by Gasteiger charge is 2.22. The third-order valence-electron chi connectivity index (χ3n) is 5.50. The second kappa shape index (κ2) is 7.69. The van der Waals surface area contributed by atoms with Gasteiger partial charge in [-0.2, -0.15) is 5.10 Å². The van der Waals surface area contributed by atoms with Gasteiger partial charge in [-0.1, -0.05) is 11.6 Å². The highest BCUT2D eigenvalue weighted by atomic mass is 35.5. The maximum Gasteiger partial charge on any atom is 0.416 e. The van der Waals surface area contributed by atoms with Gasteiger partial charge in [0.05, 0.1) is 28.1 Å². The lowest BCUT2D eigenvalue weighted by atomic mass is 10.1. The van der Waals surface area contributed by atoms with Gasteiger partial charge in [-0.15, -0.1) is 0 Å². The molecule has 1 aliphatic heterocycles. The van der Waals surface area contributed by atoms with E-state index in [0.29, 0.717) is 44.3 Å². The lowest BCUT2D eigenvalue weighted by molar-refractivity contribution is 0.0652. The molecule has 0 unspecified atom stereocenters. The minimum atomic E-state index is -1.11. The number of fused-ring (bicyclic) bond motifs is 1. The molecule has 162 valence electrons. The van der Waals surface area contributed by atoms with Gasteiger partial charge in [0, 0.05) is 55.1 Å². The van der Waals surface area contributed by atoms with E-state index in [4.69, 9.17) is 11.6 Å². The van der Waals surface area contributed by atoms with E-state index >= 15 is 0 Å². The summed E-state index contributed by atoms with van der Waals surface area (Å²) in [5.74, 6) is 0.394. The summed E-state index contributed by atoms with van der Waals surface area (Å²) in [4.78, 5) is 30.6. The summed E-state index contributed by atoms with van der Waals surface area (Å²) in [7, 11) is 1.77. The van der Waals surface area contributed by atoms with E-state index in [9.17, 15) is 14.7 Å². The number of aryl methyl sites for hydroxylation is 1. The van der Waals surface area contributed by atoms with Crippen LogP contribution in [-0.2, 0) is 7.05 Å². The van der Waals surface area contributed by atoms with E-state index in [2.05, 4.69) is 15.4 Å². The molecule has 1 aromatic carbocycles. The third kappa shape index (κ3) is 3.46. The number of carbonyl (C=O) groups excluding carboxylic acids is 1. The van der Waals surface area contributed by atoms with Crippen molar-refractivity contribution >= 4 is 46.0 Å². The maximum atomic E-state index is 12.4. The Bertz CT molecular complexity index is 1370. The predicted molar refractivity (Wildman–Crippen MR) is 121 cm³/mol. The molecule has 0 radical (unpaired) electrons. The van der Waals surface area contributed by atoms with Crippen LogP contribution in [0.4, 0.5) is 16.3 Å². The summed E-state index contributed by atoms with van der Waals surface area (Å²) in [6.07, 6.45) is 4.88. The van der Waals surface area contributed by atoms with Crippen LogP contribution in [-0.4, -0.2) is 54.4 Å². The summed E-state index contributed by atoms with van der Waals surface area (Å²) < 4.78 is 2.82. The largest absolute Gasteiger partial charge is 0.464 e. The van der Waals surface area contributed by atoms with E-state index in [-0.39, 0.29) is 5.91 Å². The molecule has 10 heteroatoms. The van der Waals surface area contributed by atoms with E-state index in [1.165, 1.54) is 4.57 Å². The predicted octanol–water partition coefficient (Wildman–Crippen LogP) is 4.21. The average molecular weight is 451 g/mol. The summed E-state index contributed by atoms with van der Waals surface area (Å²) in [5.41, 5.74) is 2.77. The Morgan fingerprint density at radius 3 is 2.59 bits per heavy atom. The fourth-order valence-electron chi connectivity index (χ4n) is 3.73. The number of carbonyl (C=O) groups is 2. The molecule has 0 atom stereocenters. The van der Waals surface area contributed by atoms with Crippen molar-refractivity contribution < 1.29 is 14.7 Å². The van der Waals surface area contributed by atoms with Crippen LogP contribution in [0, 0.1) is 0 Å². The number of halogens is 1. The molecule has 0 spiro atoms. The van der Waals surface area contributed by atoms with Crippen molar-refractivity contribution in [2.75, 3.05) is 18.4 Å². The fraction of sp³-hybridized carbons (Fsp3) is 0.182. The molecule has 0 bridgehead atoms. The lowest BCUT2D eigenvalue weighted by Crippen LogP contribution is -2.42. The number of nitrogens with one attached hydrogen (secondary N) is 1. The molecule has 32 heavy (non-hydrogen) atoms. The quantitative estimate of drug-likeness (QED) is 0.482. The van der Waals surface area contributed by atoms with Crippen LogP contribution in [0.2, 0.25) is 5.02 Å². The number of carboxylic acid groups (broad SMARTS) is 1. The number of aromatic nitrogens is 4. The van der Waals surface area contributed by atoms with Crippen molar-refractivity contribution in [3.05, 3.63) is 59.5 Å². The van der Waals surface area contributed by atoms with Gasteiger partial charge in [-0.05, 0) is 30.7 Å². The Morgan fingerprint density at radius 2 is 1.97 bits per heavy atom. The van der Waals surface area contributed by atoms with Gasteiger partial charge in [-0.3, -0.25) is 9.48 Å². The number of pyridine rings is 1. The highest BCUT2D eigenvalue weighted by Crippen LogP contribution is 2.31. The van der Waals surface area contributed by atoms with Crippen LogP contribution in [0.15, 0.2) is 48.9 Å². The fourth-order valence-corrected chi connectivity index (χ4v) is 3.96. The van der Waals surface area contributed by atoms with Crippen molar-refractivity contribution in [2.45, 2.75) is 6.42 Å². The first-order chi connectivity index (χ1) is 15.4. The molecule has 0 saturated carbocycles. The molecule has 0 aliphatic carbocycles. The van der Waals surface area contributed by atoms with Gasteiger partial charge < -0.3 is 15.3 Å². The van der Waals surface area contributed by atoms with Gasteiger partial charge in [0.1, 0.15) is 5.82 Å². The van der Waals surface area contributed by atoms with Crippen molar-refractivity contribution in [1.29, 1.82) is 0 Å². The van der Waals surface area contributed by atoms with E-state index in [1.807, 2.05) is 0 Å². The van der Waals surface area contributed by atoms with Gasteiger partial charge in [-0.25, -0.2) is 14.3 Å². The molecular formula is C22H19ClN6O3. The molecule has 2 N–H and O–H groups in total. The summed E-state index contributed by atoms with van der Waals surface area (Å²) in [6, 6.07) is 8.48. The van der Waals surface area contributed by atoms with E-state index < -0.39 is 6.09 Å². The minimum Gasteiger partial charge on any atom is -0.464 e. The monoisotopic (exact) mass is 450 g/mol. The number of likely N-dealkylation sites (tertiary alicyclic amines) is 1. The molecule has 1 aliphatic rings. The second-order valence-corrected chi connectivity index (χ2v) is 8.05. The molecule has 1 amide bonds.